The van der Waals surface area contributed by atoms with E-state index in [1.165, 1.54) is 23.5 Å². The van der Waals surface area contributed by atoms with Crippen LogP contribution in [-0.4, -0.2) is 43.6 Å². The molecule has 2 aromatic rings. The Morgan fingerprint density at radius 2 is 1.79 bits per heavy atom. The van der Waals surface area contributed by atoms with Crippen molar-refractivity contribution in [1.29, 1.82) is 0 Å². The van der Waals surface area contributed by atoms with Crippen LogP contribution in [-0.2, 0) is 25.8 Å². The maximum atomic E-state index is 12.2. The number of hydrogen-bond acceptors (Lipinski definition) is 6. The zero-order valence-electron chi connectivity index (χ0n) is 16.4. The fourth-order valence-corrected chi connectivity index (χ4v) is 3.80. The maximum Gasteiger partial charge on any atom is 0.242 e. The molecule has 0 saturated heterocycles. The van der Waals surface area contributed by atoms with Crippen molar-refractivity contribution >= 4 is 33.0 Å². The number of sulfone groups is 1. The number of benzene rings is 1. The van der Waals surface area contributed by atoms with Gasteiger partial charge in [-0.3, -0.25) is 9.59 Å². The summed E-state index contributed by atoms with van der Waals surface area (Å²) in [4.78, 5) is 28.9. The first-order chi connectivity index (χ1) is 13.1. The van der Waals surface area contributed by atoms with Crippen molar-refractivity contribution in [2.75, 3.05) is 6.26 Å². The molecule has 0 saturated carbocycles. The van der Waals surface area contributed by atoms with Crippen LogP contribution in [0, 0.1) is 0 Å². The summed E-state index contributed by atoms with van der Waals surface area (Å²) in [6, 6.07) is 5.89. The van der Waals surface area contributed by atoms with Gasteiger partial charge in [-0.15, -0.1) is 11.3 Å². The lowest BCUT2D eigenvalue weighted by Crippen LogP contribution is -2.47. The van der Waals surface area contributed by atoms with Crippen molar-refractivity contribution in [3.63, 3.8) is 0 Å². The van der Waals surface area contributed by atoms with Crippen molar-refractivity contribution in [3.8, 4) is 11.3 Å². The lowest BCUT2D eigenvalue weighted by molar-refractivity contribution is -0.128. The summed E-state index contributed by atoms with van der Waals surface area (Å²) < 4.78 is 23.1. The lowest BCUT2D eigenvalue weighted by atomic mass is 10.2. The molecule has 0 aliphatic rings. The summed E-state index contributed by atoms with van der Waals surface area (Å²) in [6.45, 7) is 5.53. The minimum Gasteiger partial charge on any atom is -0.352 e. The van der Waals surface area contributed by atoms with Crippen molar-refractivity contribution < 1.29 is 18.0 Å². The molecule has 0 unspecified atom stereocenters. The largest absolute Gasteiger partial charge is 0.352 e. The maximum absolute atomic E-state index is 12.2. The van der Waals surface area contributed by atoms with Gasteiger partial charge in [0.25, 0.3) is 0 Å². The molecule has 28 heavy (non-hydrogen) atoms. The Bertz CT molecular complexity index is 936. The third-order valence-corrected chi connectivity index (χ3v) is 6.19. The molecule has 2 amide bonds. The Morgan fingerprint density at radius 1 is 1.14 bits per heavy atom. The topological polar surface area (TPSA) is 105 Å². The molecule has 152 valence electrons. The van der Waals surface area contributed by atoms with Gasteiger partial charge in [0.05, 0.1) is 17.0 Å². The molecule has 2 N–H and O–H groups in total. The Hall–Kier alpha value is -2.26. The molecule has 0 aliphatic carbocycles. The van der Waals surface area contributed by atoms with Crippen molar-refractivity contribution in [2.45, 2.75) is 50.6 Å². The van der Waals surface area contributed by atoms with Crippen LogP contribution in [0.2, 0.25) is 0 Å². The first-order valence-corrected chi connectivity index (χ1v) is 11.7. The minimum atomic E-state index is -3.24. The highest BCUT2D eigenvalue weighted by Crippen LogP contribution is 2.23. The van der Waals surface area contributed by atoms with E-state index in [4.69, 9.17) is 0 Å². The monoisotopic (exact) mass is 423 g/mol. The van der Waals surface area contributed by atoms with Gasteiger partial charge in [0.2, 0.25) is 11.8 Å². The molecular weight excluding hydrogens is 398 g/mol. The Morgan fingerprint density at radius 3 is 2.36 bits per heavy atom. The predicted molar refractivity (Wildman–Crippen MR) is 110 cm³/mol. The summed E-state index contributed by atoms with van der Waals surface area (Å²) in [5, 5.41) is 7.95. The van der Waals surface area contributed by atoms with E-state index in [0.717, 1.165) is 18.2 Å². The van der Waals surface area contributed by atoms with Crippen LogP contribution in [0.3, 0.4) is 0 Å². The van der Waals surface area contributed by atoms with E-state index in [9.17, 15) is 18.0 Å². The summed E-state index contributed by atoms with van der Waals surface area (Å²) in [5.74, 6) is -0.492. The highest BCUT2D eigenvalue weighted by atomic mass is 32.2. The number of hydrogen-bond donors (Lipinski definition) is 2. The lowest BCUT2D eigenvalue weighted by Gasteiger charge is -2.17. The Labute approximate surface area is 169 Å². The number of amides is 2. The summed E-state index contributed by atoms with van der Waals surface area (Å²) in [5.41, 5.74) is 1.45. The molecule has 2 atom stereocenters. The zero-order valence-corrected chi connectivity index (χ0v) is 18.0. The van der Waals surface area contributed by atoms with E-state index in [1.807, 2.05) is 19.2 Å². The molecule has 7 nitrogen and oxygen atoms in total. The fourth-order valence-electron chi connectivity index (χ4n) is 2.36. The van der Waals surface area contributed by atoms with Gasteiger partial charge in [-0.1, -0.05) is 19.1 Å². The van der Waals surface area contributed by atoms with Crippen LogP contribution in [0.4, 0.5) is 0 Å². The number of carbonyl (C=O) groups is 2. The normalized spacial score (nSPS) is 13.6. The van der Waals surface area contributed by atoms with Gasteiger partial charge in [0, 0.05) is 23.2 Å². The van der Waals surface area contributed by atoms with Crippen LogP contribution >= 0.6 is 11.3 Å². The number of nitrogens with zero attached hydrogens (tertiary/aromatic N) is 1. The first kappa shape index (κ1) is 22.0. The van der Waals surface area contributed by atoms with Crippen LogP contribution in [0.25, 0.3) is 11.3 Å². The smallest absolute Gasteiger partial charge is 0.242 e. The van der Waals surface area contributed by atoms with Crippen molar-refractivity contribution in [2.24, 2.45) is 0 Å². The average molecular weight is 424 g/mol. The molecule has 0 aliphatic heterocycles. The standard InChI is InChI=1S/C19H25N3O4S2/c1-5-12(2)20-19(24)13(3)21-17(23)10-18-22-16(11-27-18)14-6-8-15(9-7-14)28(4,25)26/h6-9,11-13H,5,10H2,1-4H3,(H,20,24)(H,21,23)/t12-,13-/m0/s1. The van der Waals surface area contributed by atoms with Gasteiger partial charge in [0.1, 0.15) is 11.0 Å². The van der Waals surface area contributed by atoms with Crippen LogP contribution < -0.4 is 10.6 Å². The molecular formula is C19H25N3O4S2. The Kier molecular flexibility index (Phi) is 7.31. The summed E-state index contributed by atoms with van der Waals surface area (Å²) in [7, 11) is -3.24. The van der Waals surface area contributed by atoms with Crippen LogP contribution in [0.5, 0.6) is 0 Å². The molecule has 0 bridgehead atoms. The van der Waals surface area contributed by atoms with Gasteiger partial charge >= 0.3 is 0 Å². The number of rotatable bonds is 8. The van der Waals surface area contributed by atoms with E-state index >= 15 is 0 Å². The molecule has 1 aromatic heterocycles. The molecule has 0 fully saturated rings. The SMILES string of the molecule is CC[C@H](C)NC(=O)[C@H](C)NC(=O)Cc1nc(-c2ccc(S(C)(=O)=O)cc2)cs1. The van der Waals surface area contributed by atoms with Crippen LogP contribution in [0.15, 0.2) is 34.5 Å². The van der Waals surface area contributed by atoms with E-state index in [1.54, 1.807) is 19.1 Å². The molecule has 0 spiro atoms. The molecule has 2 rings (SSSR count). The number of nitrogens with one attached hydrogen (secondary N) is 2. The second kappa shape index (κ2) is 9.29. The molecule has 1 aromatic carbocycles. The third-order valence-electron chi connectivity index (χ3n) is 4.21. The second-order valence-electron chi connectivity index (χ2n) is 6.71. The van der Waals surface area contributed by atoms with Crippen molar-refractivity contribution in [1.82, 2.24) is 15.6 Å². The molecule has 1 heterocycles. The summed E-state index contributed by atoms with van der Waals surface area (Å²) in [6.07, 6.45) is 2.05. The zero-order chi connectivity index (χ0) is 20.9. The van der Waals surface area contributed by atoms with E-state index in [0.29, 0.717) is 10.7 Å². The minimum absolute atomic E-state index is 0.0578. The fraction of sp³-hybridized carbons (Fsp3) is 0.421. The Balaban J connectivity index is 1.97. The highest BCUT2D eigenvalue weighted by Gasteiger charge is 2.18. The first-order valence-electron chi connectivity index (χ1n) is 8.94. The van der Waals surface area contributed by atoms with Gasteiger partial charge in [0.15, 0.2) is 9.84 Å². The van der Waals surface area contributed by atoms with Gasteiger partial charge in [-0.25, -0.2) is 13.4 Å². The van der Waals surface area contributed by atoms with E-state index in [-0.39, 0.29) is 29.2 Å². The van der Waals surface area contributed by atoms with Gasteiger partial charge in [-0.2, -0.15) is 0 Å². The number of thiazole rings is 1. The average Bonchev–Trinajstić information content (AvgIpc) is 3.09. The summed E-state index contributed by atoms with van der Waals surface area (Å²) >= 11 is 1.34. The number of carbonyl (C=O) groups excluding carboxylic acids is 2. The quantitative estimate of drug-likeness (QED) is 0.677. The van der Waals surface area contributed by atoms with Gasteiger partial charge in [-0.05, 0) is 32.4 Å². The predicted octanol–water partition coefficient (Wildman–Crippen LogP) is 2.18. The third kappa shape index (κ3) is 6.13. The van der Waals surface area contributed by atoms with E-state index in [2.05, 4.69) is 15.6 Å². The second-order valence-corrected chi connectivity index (χ2v) is 9.67. The van der Waals surface area contributed by atoms with Crippen LogP contribution in [0.1, 0.15) is 32.2 Å². The number of aromatic nitrogens is 1. The van der Waals surface area contributed by atoms with Crippen molar-refractivity contribution in [3.05, 3.63) is 34.7 Å². The highest BCUT2D eigenvalue weighted by molar-refractivity contribution is 7.90. The molecule has 0 radical (unpaired) electrons. The van der Waals surface area contributed by atoms with Gasteiger partial charge < -0.3 is 10.6 Å². The molecule has 9 heteroatoms. The van der Waals surface area contributed by atoms with E-state index < -0.39 is 15.9 Å².